The summed E-state index contributed by atoms with van der Waals surface area (Å²) in [5, 5.41) is 2.79. The van der Waals surface area contributed by atoms with Gasteiger partial charge in [-0.25, -0.2) is 9.18 Å². The molecule has 0 bridgehead atoms. The third-order valence-corrected chi connectivity index (χ3v) is 5.82. The smallest absolute Gasteiger partial charge is 0.336 e. The van der Waals surface area contributed by atoms with Crippen LogP contribution in [0.5, 0.6) is 11.5 Å². The lowest BCUT2D eigenvalue weighted by Gasteiger charge is -2.34. The fourth-order valence-corrected chi connectivity index (χ4v) is 4.11. The zero-order chi connectivity index (χ0) is 24.2. The zero-order valence-electron chi connectivity index (χ0n) is 18.9. The van der Waals surface area contributed by atoms with Crippen LogP contribution in [0.15, 0.2) is 53.7 Å². The summed E-state index contributed by atoms with van der Waals surface area (Å²) < 4.78 is 29.3. The van der Waals surface area contributed by atoms with Gasteiger partial charge in [-0.05, 0) is 49.2 Å². The number of carbonyl (C=O) groups is 3. The van der Waals surface area contributed by atoms with E-state index < -0.39 is 17.7 Å². The van der Waals surface area contributed by atoms with Crippen molar-refractivity contribution in [2.24, 2.45) is 0 Å². The average molecular weight is 468 g/mol. The van der Waals surface area contributed by atoms with Gasteiger partial charge in [-0.3, -0.25) is 9.59 Å². The highest BCUT2D eigenvalue weighted by Gasteiger charge is 2.37. The van der Waals surface area contributed by atoms with Crippen LogP contribution in [-0.2, 0) is 25.7 Å². The monoisotopic (exact) mass is 468 g/mol. The van der Waals surface area contributed by atoms with Gasteiger partial charge in [0.25, 0.3) is 0 Å². The molecule has 8 nitrogen and oxygen atoms in total. The molecule has 2 amide bonds. The Hall–Kier alpha value is -3.88. The van der Waals surface area contributed by atoms with Crippen LogP contribution in [0, 0.1) is 5.82 Å². The van der Waals surface area contributed by atoms with Gasteiger partial charge < -0.3 is 24.4 Å². The van der Waals surface area contributed by atoms with Crippen molar-refractivity contribution in [3.63, 3.8) is 0 Å². The molecule has 0 spiro atoms. The maximum Gasteiger partial charge on any atom is 0.336 e. The number of halogens is 1. The number of fused-ring (bicyclic) bond motifs is 1. The van der Waals surface area contributed by atoms with Crippen molar-refractivity contribution in [1.82, 2.24) is 10.2 Å². The number of hydrogen-bond acceptors (Lipinski definition) is 6. The summed E-state index contributed by atoms with van der Waals surface area (Å²) in [5.41, 5.74) is 2.08. The SMILES string of the molecule is CCOC(=O)C1=C(C)N(CC(=O)NCc2ccc3c(c2)OCO3)C(=O)CC1c1ccc(F)cc1. The van der Waals surface area contributed by atoms with Crippen molar-refractivity contribution in [3.8, 4) is 11.5 Å². The van der Waals surface area contributed by atoms with E-state index in [4.69, 9.17) is 14.2 Å². The van der Waals surface area contributed by atoms with Crippen molar-refractivity contribution < 1.29 is 33.0 Å². The first-order chi connectivity index (χ1) is 16.4. The van der Waals surface area contributed by atoms with Gasteiger partial charge in [0, 0.05) is 24.6 Å². The van der Waals surface area contributed by atoms with E-state index in [1.54, 1.807) is 38.1 Å². The summed E-state index contributed by atoms with van der Waals surface area (Å²) in [5.74, 6) is -0.982. The van der Waals surface area contributed by atoms with Gasteiger partial charge >= 0.3 is 5.97 Å². The van der Waals surface area contributed by atoms with E-state index >= 15 is 0 Å². The highest BCUT2D eigenvalue weighted by Crippen LogP contribution is 2.37. The topological polar surface area (TPSA) is 94.2 Å². The van der Waals surface area contributed by atoms with Crippen LogP contribution in [0.25, 0.3) is 0 Å². The molecule has 9 heteroatoms. The molecule has 34 heavy (non-hydrogen) atoms. The number of carbonyl (C=O) groups excluding carboxylic acids is 3. The predicted octanol–water partition coefficient (Wildman–Crippen LogP) is 3.02. The van der Waals surface area contributed by atoms with Crippen molar-refractivity contribution in [3.05, 3.63) is 70.7 Å². The number of allylic oxidation sites excluding steroid dienone is 1. The molecule has 4 rings (SSSR count). The summed E-state index contributed by atoms with van der Waals surface area (Å²) in [7, 11) is 0. The molecule has 0 radical (unpaired) electrons. The number of hydrogen-bond donors (Lipinski definition) is 1. The highest BCUT2D eigenvalue weighted by atomic mass is 19.1. The van der Waals surface area contributed by atoms with Gasteiger partial charge in [0.15, 0.2) is 11.5 Å². The van der Waals surface area contributed by atoms with Gasteiger partial charge in [0.2, 0.25) is 18.6 Å². The molecule has 2 aliphatic heterocycles. The van der Waals surface area contributed by atoms with Crippen molar-refractivity contribution in [1.29, 1.82) is 0 Å². The van der Waals surface area contributed by atoms with Gasteiger partial charge in [-0.15, -0.1) is 0 Å². The first-order valence-corrected chi connectivity index (χ1v) is 11.0. The Morgan fingerprint density at radius 1 is 1.15 bits per heavy atom. The van der Waals surface area contributed by atoms with Crippen LogP contribution in [0.4, 0.5) is 4.39 Å². The Balaban J connectivity index is 1.51. The van der Waals surface area contributed by atoms with Gasteiger partial charge in [0.05, 0.1) is 12.2 Å². The van der Waals surface area contributed by atoms with Crippen LogP contribution in [0.2, 0.25) is 0 Å². The molecule has 2 aliphatic rings. The highest BCUT2D eigenvalue weighted by molar-refractivity contribution is 5.97. The second-order valence-corrected chi connectivity index (χ2v) is 7.97. The Morgan fingerprint density at radius 2 is 1.88 bits per heavy atom. The van der Waals surface area contributed by atoms with Gasteiger partial charge in [-0.1, -0.05) is 18.2 Å². The van der Waals surface area contributed by atoms with Crippen LogP contribution in [0.1, 0.15) is 37.3 Å². The molecular weight excluding hydrogens is 443 g/mol. The molecule has 0 aromatic heterocycles. The summed E-state index contributed by atoms with van der Waals surface area (Å²) in [6.45, 7) is 3.63. The molecule has 178 valence electrons. The minimum absolute atomic E-state index is 0.0352. The molecule has 1 unspecified atom stereocenters. The van der Waals surface area contributed by atoms with Gasteiger partial charge in [0.1, 0.15) is 12.4 Å². The third-order valence-electron chi connectivity index (χ3n) is 5.82. The molecule has 2 heterocycles. The molecule has 0 saturated heterocycles. The second-order valence-electron chi connectivity index (χ2n) is 7.97. The average Bonchev–Trinajstić information content (AvgIpc) is 3.28. The van der Waals surface area contributed by atoms with E-state index in [1.165, 1.54) is 17.0 Å². The normalized spacial score (nSPS) is 17.1. The predicted molar refractivity (Wildman–Crippen MR) is 119 cm³/mol. The maximum absolute atomic E-state index is 13.4. The van der Waals surface area contributed by atoms with E-state index in [9.17, 15) is 18.8 Å². The number of nitrogens with one attached hydrogen (secondary N) is 1. The number of nitrogens with zero attached hydrogens (tertiary/aromatic N) is 1. The Morgan fingerprint density at radius 3 is 2.62 bits per heavy atom. The Labute approximate surface area is 196 Å². The number of amides is 2. The first-order valence-electron chi connectivity index (χ1n) is 11.0. The fourth-order valence-electron chi connectivity index (χ4n) is 4.11. The standard InChI is InChI=1S/C25H25FN2O6/c1-3-32-25(31)24-15(2)28(23(30)11-19(24)17-5-7-18(26)8-6-17)13-22(29)27-12-16-4-9-20-21(10-16)34-14-33-20/h4-10,19H,3,11-14H2,1-2H3,(H,27,29). The van der Waals surface area contributed by atoms with Crippen LogP contribution in [-0.4, -0.2) is 42.6 Å². The molecule has 1 N–H and O–H groups in total. The molecule has 0 fully saturated rings. The summed E-state index contributed by atoms with van der Waals surface area (Å²) in [6, 6.07) is 11.0. The molecular formula is C25H25FN2O6. The van der Waals surface area contributed by atoms with E-state index in [0.717, 1.165) is 5.56 Å². The van der Waals surface area contributed by atoms with E-state index in [1.807, 2.05) is 6.07 Å². The van der Waals surface area contributed by atoms with Crippen molar-refractivity contribution >= 4 is 17.8 Å². The Bertz CT molecular complexity index is 1140. The Kier molecular flexibility index (Phi) is 6.81. The number of rotatable bonds is 7. The molecule has 0 saturated carbocycles. The van der Waals surface area contributed by atoms with Crippen molar-refractivity contribution in [2.45, 2.75) is 32.7 Å². The summed E-state index contributed by atoms with van der Waals surface area (Å²) in [4.78, 5) is 39.7. The summed E-state index contributed by atoms with van der Waals surface area (Å²) in [6.07, 6.45) is -0.0352. The first kappa shape index (κ1) is 23.3. The number of benzene rings is 2. The third kappa shape index (κ3) is 4.88. The van der Waals surface area contributed by atoms with Crippen molar-refractivity contribution in [2.75, 3.05) is 19.9 Å². The molecule has 1 atom stereocenters. The van der Waals surface area contributed by atoms with E-state index in [0.29, 0.717) is 22.8 Å². The lowest BCUT2D eigenvalue weighted by molar-refractivity contribution is -0.141. The molecule has 0 aliphatic carbocycles. The molecule has 2 aromatic rings. The quantitative estimate of drug-likeness (QED) is 0.628. The molecule has 2 aromatic carbocycles. The maximum atomic E-state index is 13.4. The van der Waals surface area contributed by atoms with E-state index in [-0.39, 0.29) is 50.3 Å². The van der Waals surface area contributed by atoms with Crippen LogP contribution in [0.3, 0.4) is 0 Å². The fraction of sp³-hybridized carbons (Fsp3) is 0.320. The second kappa shape index (κ2) is 9.94. The lowest BCUT2D eigenvalue weighted by Crippen LogP contribution is -2.44. The lowest BCUT2D eigenvalue weighted by atomic mass is 9.83. The minimum atomic E-state index is -0.583. The van der Waals surface area contributed by atoms with Crippen LogP contribution < -0.4 is 14.8 Å². The summed E-state index contributed by atoms with van der Waals surface area (Å²) >= 11 is 0. The van der Waals surface area contributed by atoms with E-state index in [2.05, 4.69) is 5.32 Å². The van der Waals surface area contributed by atoms with Crippen LogP contribution >= 0.6 is 0 Å². The minimum Gasteiger partial charge on any atom is -0.463 e. The largest absolute Gasteiger partial charge is 0.463 e. The number of ether oxygens (including phenoxy) is 3. The van der Waals surface area contributed by atoms with Gasteiger partial charge in [-0.2, -0.15) is 0 Å². The number of esters is 1. The zero-order valence-corrected chi connectivity index (χ0v) is 18.9.